The molecule has 3 aromatic rings. The van der Waals surface area contributed by atoms with Crippen LogP contribution in [0.5, 0.6) is 0 Å². The number of rotatable bonds is 5. The van der Waals surface area contributed by atoms with Gasteiger partial charge in [-0.05, 0) is 6.07 Å². The van der Waals surface area contributed by atoms with Crippen molar-refractivity contribution < 1.29 is 45.4 Å². The van der Waals surface area contributed by atoms with Crippen LogP contribution in [-0.4, -0.2) is 78.5 Å². The molecule has 41 heavy (non-hydrogen) atoms. The van der Waals surface area contributed by atoms with Crippen LogP contribution < -0.4 is 16.0 Å². The highest BCUT2D eigenvalue weighted by atomic mass is 19.4. The summed E-state index contributed by atoms with van der Waals surface area (Å²) in [6, 6.07) is 1.60. The highest BCUT2D eigenvalue weighted by molar-refractivity contribution is 6.01. The first-order chi connectivity index (χ1) is 19.2. The van der Waals surface area contributed by atoms with E-state index in [1.54, 1.807) is 0 Å². The van der Waals surface area contributed by atoms with Gasteiger partial charge in [0.2, 0.25) is 5.95 Å². The molecular formula is C24H25F6N7O4. The zero-order chi connectivity index (χ0) is 30.1. The van der Waals surface area contributed by atoms with Crippen molar-refractivity contribution in [2.45, 2.75) is 30.9 Å². The third-order valence-electron chi connectivity index (χ3n) is 6.19. The molecule has 4 N–H and O–H groups in total. The van der Waals surface area contributed by atoms with Crippen molar-refractivity contribution in [3.8, 4) is 11.3 Å². The number of benzene rings is 1. The molecule has 1 aromatic carbocycles. The van der Waals surface area contributed by atoms with Gasteiger partial charge in [-0.3, -0.25) is 5.32 Å². The number of nitrogens with one attached hydrogen (secondary N) is 4. The highest BCUT2D eigenvalue weighted by Crippen LogP contribution is 2.44. The fourth-order valence-electron chi connectivity index (χ4n) is 4.35. The summed E-state index contributed by atoms with van der Waals surface area (Å²) in [7, 11) is 4.00. The Balaban J connectivity index is 1.73. The van der Waals surface area contributed by atoms with Gasteiger partial charge in [0.1, 0.15) is 17.2 Å². The lowest BCUT2D eigenvalue weighted by Gasteiger charge is -2.31. The number of hydrogen-bond donors (Lipinski definition) is 4. The predicted molar refractivity (Wildman–Crippen MR) is 134 cm³/mol. The second kappa shape index (κ2) is 11.3. The number of anilines is 2. The number of carbonyl (C=O) groups is 2. The topological polar surface area (TPSA) is 134 Å². The van der Waals surface area contributed by atoms with E-state index < -0.39 is 64.7 Å². The molecule has 17 heteroatoms. The summed E-state index contributed by atoms with van der Waals surface area (Å²) in [5, 5.41) is 7.70. The smallest absolute Gasteiger partial charge is 0.420 e. The molecule has 0 radical (unpaired) electrons. The first kappa shape index (κ1) is 29.7. The number of amides is 2. The van der Waals surface area contributed by atoms with E-state index in [0.29, 0.717) is 25.7 Å². The summed E-state index contributed by atoms with van der Waals surface area (Å²) in [4.78, 5) is 34.9. The van der Waals surface area contributed by atoms with Gasteiger partial charge in [-0.1, -0.05) is 6.07 Å². The Morgan fingerprint density at radius 2 is 1.83 bits per heavy atom. The largest absolute Gasteiger partial charge is 0.453 e. The number of methoxy groups -OCH3 is 1. The number of nitrogens with zero attached hydrogens (tertiary/aromatic N) is 3. The molecule has 0 aliphatic carbocycles. The number of hydrogen-bond acceptors (Lipinski definition) is 8. The first-order valence-corrected chi connectivity index (χ1v) is 12.0. The van der Waals surface area contributed by atoms with Crippen LogP contribution in [0.2, 0.25) is 0 Å². The van der Waals surface area contributed by atoms with Gasteiger partial charge < -0.3 is 30.0 Å². The number of piperidine rings is 1. The van der Waals surface area contributed by atoms with E-state index in [9.17, 15) is 35.9 Å². The Morgan fingerprint density at radius 3 is 2.46 bits per heavy atom. The third kappa shape index (κ3) is 6.55. The maximum atomic E-state index is 14.0. The zero-order valence-corrected chi connectivity index (χ0v) is 21.8. The number of ether oxygens (including phenoxy) is 2. The number of halogens is 6. The van der Waals surface area contributed by atoms with Crippen molar-refractivity contribution in [3.63, 3.8) is 0 Å². The maximum Gasteiger partial charge on any atom is 0.420 e. The van der Waals surface area contributed by atoms with Gasteiger partial charge in [-0.25, -0.2) is 19.6 Å². The van der Waals surface area contributed by atoms with Crippen LogP contribution in [0, 0.1) is 0 Å². The molecule has 1 saturated heterocycles. The minimum Gasteiger partial charge on any atom is -0.453 e. The van der Waals surface area contributed by atoms with Gasteiger partial charge in [-0.2, -0.15) is 26.3 Å². The lowest BCUT2D eigenvalue weighted by molar-refractivity contribution is -0.137. The van der Waals surface area contributed by atoms with Crippen molar-refractivity contribution in [2.75, 3.05) is 44.9 Å². The predicted octanol–water partition coefficient (Wildman–Crippen LogP) is 4.68. The Labute approximate surface area is 228 Å². The molecule has 1 aliphatic heterocycles. The number of aromatic amines is 1. The molecule has 1 aliphatic rings. The van der Waals surface area contributed by atoms with Gasteiger partial charge in [0.05, 0.1) is 24.0 Å². The standard InChI is InChI=1S/C24H25F6N7O4/c1-37(2)22(39)41-12-6-11(7-31-8-12)34-20-33-10-15(23(25,26)27)18(36-20)14-9-32-19-13(14)4-5-16(35-21(38)40-3)17(19)24(28,29)30/h4-5,9-12,31-32H,6-8H2,1-3H3,(H,35,38)(H,33,34,36)/t11-,12-/m0/s1. The van der Waals surface area contributed by atoms with Crippen molar-refractivity contribution in [1.29, 1.82) is 0 Å². The fraction of sp³-hybridized carbons (Fsp3) is 0.417. The normalized spacial score (nSPS) is 17.7. The summed E-state index contributed by atoms with van der Waals surface area (Å²) in [5.74, 6) is -0.214. The molecule has 0 spiro atoms. The summed E-state index contributed by atoms with van der Waals surface area (Å²) < 4.78 is 93.7. The van der Waals surface area contributed by atoms with Crippen molar-refractivity contribution in [1.82, 2.24) is 25.2 Å². The molecule has 2 amide bonds. The van der Waals surface area contributed by atoms with Gasteiger partial charge in [0.25, 0.3) is 0 Å². The van der Waals surface area contributed by atoms with Crippen LogP contribution in [0.1, 0.15) is 17.5 Å². The van der Waals surface area contributed by atoms with Gasteiger partial charge >= 0.3 is 24.5 Å². The molecule has 4 rings (SSSR count). The average molecular weight is 589 g/mol. The maximum absolute atomic E-state index is 14.0. The lowest BCUT2D eigenvalue weighted by atomic mass is 10.0. The SMILES string of the molecule is COC(=O)Nc1ccc2c(-c3nc(N[C@@H]4CNC[C@@H](OC(=O)N(C)C)C4)ncc3C(F)(F)F)c[nH]c2c1C(F)(F)F. The van der Waals surface area contributed by atoms with Crippen molar-refractivity contribution in [2.24, 2.45) is 0 Å². The summed E-state index contributed by atoms with van der Waals surface area (Å²) >= 11 is 0. The molecule has 222 valence electrons. The van der Waals surface area contributed by atoms with E-state index in [1.165, 1.54) is 19.0 Å². The van der Waals surface area contributed by atoms with Crippen LogP contribution in [0.15, 0.2) is 24.5 Å². The minimum atomic E-state index is -5.00. The molecule has 0 bridgehead atoms. The summed E-state index contributed by atoms with van der Waals surface area (Å²) in [5.41, 5.74) is -4.73. The number of H-pyrrole nitrogens is 1. The molecule has 0 unspecified atom stereocenters. The van der Waals surface area contributed by atoms with Crippen LogP contribution >= 0.6 is 0 Å². The monoisotopic (exact) mass is 589 g/mol. The molecule has 11 nitrogen and oxygen atoms in total. The van der Waals surface area contributed by atoms with E-state index >= 15 is 0 Å². The second-order valence-corrected chi connectivity index (χ2v) is 9.32. The first-order valence-electron chi connectivity index (χ1n) is 12.0. The van der Waals surface area contributed by atoms with Gasteiger partial charge in [0.15, 0.2) is 0 Å². The van der Waals surface area contributed by atoms with Crippen LogP contribution in [0.25, 0.3) is 22.2 Å². The summed E-state index contributed by atoms with van der Waals surface area (Å²) in [6.07, 6.45) is -10.4. The molecular weight excluding hydrogens is 564 g/mol. The Hall–Kier alpha value is -4.28. The lowest BCUT2D eigenvalue weighted by Crippen LogP contribution is -2.48. The highest BCUT2D eigenvalue weighted by Gasteiger charge is 2.39. The van der Waals surface area contributed by atoms with E-state index in [1.807, 2.05) is 5.32 Å². The number of aromatic nitrogens is 3. The Bertz CT molecular complexity index is 1440. The number of carbonyl (C=O) groups excluding carboxylic acids is 2. The quantitative estimate of drug-likeness (QED) is 0.316. The van der Waals surface area contributed by atoms with Crippen molar-refractivity contribution in [3.05, 3.63) is 35.7 Å². The van der Waals surface area contributed by atoms with Crippen LogP contribution in [0.4, 0.5) is 47.6 Å². The van der Waals surface area contributed by atoms with Crippen LogP contribution in [-0.2, 0) is 21.8 Å². The van der Waals surface area contributed by atoms with E-state index in [-0.39, 0.29) is 16.9 Å². The van der Waals surface area contributed by atoms with Crippen LogP contribution in [0.3, 0.4) is 0 Å². The van der Waals surface area contributed by atoms with Crippen molar-refractivity contribution >= 4 is 34.7 Å². The average Bonchev–Trinajstić information content (AvgIpc) is 3.31. The third-order valence-corrected chi connectivity index (χ3v) is 6.19. The minimum absolute atomic E-state index is 0.214. The molecule has 3 heterocycles. The zero-order valence-electron chi connectivity index (χ0n) is 21.8. The fourth-order valence-corrected chi connectivity index (χ4v) is 4.35. The molecule has 2 atom stereocenters. The number of alkyl halides is 6. The molecule has 2 aromatic heterocycles. The van der Waals surface area contributed by atoms with E-state index in [0.717, 1.165) is 25.4 Å². The van der Waals surface area contributed by atoms with Gasteiger partial charge in [0, 0.05) is 63.0 Å². The number of fused-ring (bicyclic) bond motifs is 1. The summed E-state index contributed by atoms with van der Waals surface area (Å²) in [6.45, 7) is 0.717. The van der Waals surface area contributed by atoms with Gasteiger partial charge in [-0.15, -0.1) is 0 Å². The molecule has 1 fully saturated rings. The second-order valence-electron chi connectivity index (χ2n) is 9.32. The molecule has 0 saturated carbocycles. The van der Waals surface area contributed by atoms with E-state index in [4.69, 9.17) is 4.74 Å². The Kier molecular flexibility index (Phi) is 8.19. The van der Waals surface area contributed by atoms with E-state index in [2.05, 4.69) is 30.3 Å². The Morgan fingerprint density at radius 1 is 1.10 bits per heavy atom.